The number of carbonyl (C=O) groups is 1. The van der Waals surface area contributed by atoms with E-state index in [-0.39, 0.29) is 28.8 Å². The second kappa shape index (κ2) is 5.28. The Bertz CT molecular complexity index is 953. The van der Waals surface area contributed by atoms with Gasteiger partial charge in [0.2, 0.25) is 5.91 Å². The van der Waals surface area contributed by atoms with Crippen LogP contribution in [0.3, 0.4) is 0 Å². The second-order valence-corrected chi connectivity index (χ2v) is 8.12. The van der Waals surface area contributed by atoms with Crippen molar-refractivity contribution in [2.45, 2.75) is 43.6 Å². The number of nitrogens with zero attached hydrogens (tertiary/aromatic N) is 2. The molecule has 5 nitrogen and oxygen atoms in total. The maximum Gasteiger partial charge on any atom is 0.228 e. The molecule has 2 aromatic rings. The van der Waals surface area contributed by atoms with Gasteiger partial charge in [-0.3, -0.25) is 4.79 Å². The third-order valence-corrected chi connectivity index (χ3v) is 6.69. The van der Waals surface area contributed by atoms with Crippen LogP contribution in [0.1, 0.15) is 37.7 Å². The fourth-order valence-corrected chi connectivity index (χ4v) is 4.52. The first kappa shape index (κ1) is 15.8. The van der Waals surface area contributed by atoms with Gasteiger partial charge in [0.1, 0.15) is 5.82 Å². The number of amides is 1. The number of ether oxygens (including phenoxy) is 1. The average Bonchev–Trinajstić information content (AvgIpc) is 3.52. The Hall–Kier alpha value is -2.45. The monoisotopic (exact) mass is 347 g/mol. The van der Waals surface area contributed by atoms with Gasteiger partial charge in [0.25, 0.3) is 0 Å². The number of nitriles is 1. The van der Waals surface area contributed by atoms with Crippen LogP contribution < -0.4 is 5.32 Å². The van der Waals surface area contributed by atoms with E-state index in [1.165, 1.54) is 12.8 Å². The van der Waals surface area contributed by atoms with E-state index in [1.807, 2.05) is 12.1 Å². The summed E-state index contributed by atoms with van der Waals surface area (Å²) >= 11 is 0. The van der Waals surface area contributed by atoms with E-state index < -0.39 is 0 Å². The highest BCUT2D eigenvalue weighted by Crippen LogP contribution is 2.78. The molecule has 3 aliphatic carbocycles. The van der Waals surface area contributed by atoms with Crippen LogP contribution in [0.15, 0.2) is 30.5 Å². The quantitative estimate of drug-likeness (QED) is 0.918. The fraction of sp³-hybridized carbons (Fsp3) is 0.476. The minimum absolute atomic E-state index is 0.00632. The molecule has 1 amide bonds. The lowest BCUT2D eigenvalue weighted by Crippen LogP contribution is -2.38. The van der Waals surface area contributed by atoms with Crippen molar-refractivity contribution in [1.82, 2.24) is 4.98 Å². The van der Waals surface area contributed by atoms with Crippen molar-refractivity contribution in [3.63, 3.8) is 0 Å². The molecule has 5 heteroatoms. The van der Waals surface area contributed by atoms with Crippen LogP contribution in [0.5, 0.6) is 0 Å². The molecule has 1 atom stereocenters. The summed E-state index contributed by atoms with van der Waals surface area (Å²) < 4.78 is 5.24. The lowest BCUT2D eigenvalue weighted by atomic mass is 9.81. The first-order chi connectivity index (χ1) is 12.6. The Kier molecular flexibility index (Phi) is 3.20. The Labute approximate surface area is 152 Å². The Morgan fingerprint density at radius 3 is 2.77 bits per heavy atom. The van der Waals surface area contributed by atoms with Crippen molar-refractivity contribution < 1.29 is 9.53 Å². The predicted octanol–water partition coefficient (Wildman–Crippen LogP) is 3.54. The van der Waals surface area contributed by atoms with Crippen LogP contribution in [-0.2, 0) is 14.9 Å². The van der Waals surface area contributed by atoms with Crippen LogP contribution >= 0.6 is 0 Å². The minimum Gasteiger partial charge on any atom is -0.381 e. The summed E-state index contributed by atoms with van der Waals surface area (Å²) in [5.74, 6) is 0.587. The third-order valence-electron chi connectivity index (χ3n) is 6.69. The SMILES string of the molecule is COC1CC(C(=O)Nc2cc3cc([C@@]4(C#N)CC45CC5)ccc3cn2)C1. The highest BCUT2D eigenvalue weighted by Gasteiger charge is 2.75. The van der Waals surface area contributed by atoms with Gasteiger partial charge in [0.15, 0.2) is 0 Å². The number of methoxy groups -OCH3 is 1. The van der Waals surface area contributed by atoms with Crippen molar-refractivity contribution in [3.8, 4) is 6.07 Å². The van der Waals surface area contributed by atoms with Crippen molar-refractivity contribution in [3.05, 3.63) is 36.0 Å². The zero-order valence-electron chi connectivity index (χ0n) is 14.8. The molecule has 1 aromatic heterocycles. The first-order valence-corrected chi connectivity index (χ1v) is 9.24. The Balaban J connectivity index is 1.39. The van der Waals surface area contributed by atoms with Crippen LogP contribution in [0.2, 0.25) is 0 Å². The Morgan fingerprint density at radius 1 is 1.31 bits per heavy atom. The van der Waals surface area contributed by atoms with Gasteiger partial charge >= 0.3 is 0 Å². The second-order valence-electron chi connectivity index (χ2n) is 8.12. The number of anilines is 1. The molecule has 3 fully saturated rings. The van der Waals surface area contributed by atoms with Gasteiger partial charge in [-0.25, -0.2) is 4.98 Å². The normalized spacial score (nSPS) is 30.5. The molecule has 3 aliphatic rings. The number of nitrogens with one attached hydrogen (secondary N) is 1. The summed E-state index contributed by atoms with van der Waals surface area (Å²) in [6.07, 6.45) is 6.85. The first-order valence-electron chi connectivity index (χ1n) is 9.24. The lowest BCUT2D eigenvalue weighted by Gasteiger charge is -2.32. The van der Waals surface area contributed by atoms with E-state index in [1.54, 1.807) is 13.3 Å². The molecule has 26 heavy (non-hydrogen) atoms. The summed E-state index contributed by atoms with van der Waals surface area (Å²) in [5.41, 5.74) is 1.06. The zero-order valence-corrected chi connectivity index (χ0v) is 14.8. The van der Waals surface area contributed by atoms with Crippen molar-refractivity contribution in [1.29, 1.82) is 5.26 Å². The summed E-state index contributed by atoms with van der Waals surface area (Å²) in [7, 11) is 1.68. The summed E-state index contributed by atoms with van der Waals surface area (Å²) in [6.45, 7) is 0. The van der Waals surface area contributed by atoms with Gasteiger partial charge in [-0.15, -0.1) is 0 Å². The minimum atomic E-state index is -0.297. The topological polar surface area (TPSA) is 75.0 Å². The average molecular weight is 347 g/mol. The number of rotatable bonds is 4. The standard InChI is InChI=1S/C21H21N3O2/c1-26-17-7-15(8-17)19(25)24-18-9-14-6-16(3-2-13(14)10-23-18)21(12-22)11-20(21)4-5-20/h2-3,6,9-10,15,17H,4-5,7-8,11H2,1H3,(H,23,24,25)/t15?,17?,21-/m0/s1. The third kappa shape index (κ3) is 2.18. The van der Waals surface area contributed by atoms with Crippen LogP contribution in [-0.4, -0.2) is 24.1 Å². The fourth-order valence-electron chi connectivity index (χ4n) is 4.52. The van der Waals surface area contributed by atoms with E-state index in [0.29, 0.717) is 5.82 Å². The molecule has 1 N–H and O–H groups in total. The number of pyridine rings is 1. The summed E-state index contributed by atoms with van der Waals surface area (Å²) in [5, 5.41) is 14.7. The summed E-state index contributed by atoms with van der Waals surface area (Å²) in [4.78, 5) is 16.7. The highest BCUT2D eigenvalue weighted by atomic mass is 16.5. The number of benzene rings is 1. The number of hydrogen-bond acceptors (Lipinski definition) is 4. The molecule has 0 unspecified atom stereocenters. The smallest absolute Gasteiger partial charge is 0.228 e. The molecule has 1 aromatic carbocycles. The van der Waals surface area contributed by atoms with Gasteiger partial charge in [-0.1, -0.05) is 12.1 Å². The van der Waals surface area contributed by atoms with Crippen LogP contribution in [0, 0.1) is 22.7 Å². The zero-order chi connectivity index (χ0) is 17.9. The molecule has 132 valence electrons. The predicted molar refractivity (Wildman–Crippen MR) is 97.5 cm³/mol. The van der Waals surface area contributed by atoms with Crippen molar-refractivity contribution >= 4 is 22.5 Å². The molecule has 0 radical (unpaired) electrons. The number of carbonyl (C=O) groups excluding carboxylic acids is 1. The molecular formula is C21H21N3O2. The molecule has 1 spiro atoms. The van der Waals surface area contributed by atoms with Crippen LogP contribution in [0.25, 0.3) is 10.8 Å². The van der Waals surface area contributed by atoms with E-state index in [0.717, 1.165) is 35.6 Å². The van der Waals surface area contributed by atoms with Crippen molar-refractivity contribution in [2.75, 3.05) is 12.4 Å². The number of fused-ring (bicyclic) bond motifs is 1. The lowest BCUT2D eigenvalue weighted by molar-refractivity contribution is -0.127. The van der Waals surface area contributed by atoms with Crippen LogP contribution in [0.4, 0.5) is 5.82 Å². The van der Waals surface area contributed by atoms with Gasteiger partial charge in [0, 0.05) is 24.6 Å². The van der Waals surface area contributed by atoms with E-state index in [2.05, 4.69) is 28.5 Å². The molecule has 0 aliphatic heterocycles. The maximum absolute atomic E-state index is 12.3. The molecule has 0 bridgehead atoms. The number of hydrogen-bond donors (Lipinski definition) is 1. The molecule has 0 saturated heterocycles. The van der Waals surface area contributed by atoms with E-state index >= 15 is 0 Å². The molecule has 5 rings (SSSR count). The van der Waals surface area contributed by atoms with E-state index in [9.17, 15) is 10.1 Å². The van der Waals surface area contributed by atoms with Gasteiger partial charge in [-0.05, 0) is 60.6 Å². The maximum atomic E-state index is 12.3. The number of aromatic nitrogens is 1. The highest BCUT2D eigenvalue weighted by molar-refractivity contribution is 5.94. The largest absolute Gasteiger partial charge is 0.381 e. The van der Waals surface area contributed by atoms with Gasteiger partial charge in [0.05, 0.1) is 17.6 Å². The molecule has 3 saturated carbocycles. The Morgan fingerprint density at radius 2 is 2.12 bits per heavy atom. The van der Waals surface area contributed by atoms with Gasteiger partial charge in [-0.2, -0.15) is 5.26 Å². The molecular weight excluding hydrogens is 326 g/mol. The van der Waals surface area contributed by atoms with Gasteiger partial charge < -0.3 is 10.1 Å². The summed E-state index contributed by atoms with van der Waals surface area (Å²) in [6, 6.07) is 10.7. The molecule has 1 heterocycles. The van der Waals surface area contributed by atoms with E-state index in [4.69, 9.17) is 4.74 Å². The van der Waals surface area contributed by atoms with Crippen molar-refractivity contribution in [2.24, 2.45) is 11.3 Å².